The maximum atomic E-state index is 11.4. The summed E-state index contributed by atoms with van der Waals surface area (Å²) in [6, 6.07) is 4.89. The Labute approximate surface area is 112 Å². The number of benzene rings is 1. The van der Waals surface area contributed by atoms with Crippen molar-refractivity contribution < 1.29 is 14.7 Å². The van der Waals surface area contributed by atoms with Crippen LogP contribution in [0.5, 0.6) is 0 Å². The van der Waals surface area contributed by atoms with E-state index in [0.717, 1.165) is 11.8 Å². The van der Waals surface area contributed by atoms with Gasteiger partial charge in [0.25, 0.3) is 0 Å². The second kappa shape index (κ2) is 6.74. The summed E-state index contributed by atoms with van der Waals surface area (Å²) in [7, 11) is 0. The lowest BCUT2D eigenvalue weighted by Gasteiger charge is -2.07. The molecule has 92 valence electrons. The zero-order valence-corrected chi connectivity index (χ0v) is 10.9. The number of nitrogens with one attached hydrogen (secondary N) is 1. The van der Waals surface area contributed by atoms with Gasteiger partial charge in [0.15, 0.2) is 0 Å². The summed E-state index contributed by atoms with van der Waals surface area (Å²) in [5.41, 5.74) is 0.417. The molecule has 0 radical (unpaired) electrons. The molecule has 1 rings (SSSR count). The lowest BCUT2D eigenvalue weighted by molar-refractivity contribution is -0.133. The Morgan fingerprint density at radius 2 is 2.00 bits per heavy atom. The number of amides is 1. The first kappa shape index (κ1) is 14.2. The number of hydrogen-bond donors (Lipinski definition) is 2. The molecule has 0 bridgehead atoms. The van der Waals surface area contributed by atoms with Gasteiger partial charge in [-0.2, -0.15) is 0 Å². The molecule has 0 saturated heterocycles. The molecule has 0 aliphatic heterocycles. The van der Waals surface area contributed by atoms with E-state index in [1.807, 2.05) is 0 Å². The van der Waals surface area contributed by atoms with Crippen LogP contribution >= 0.6 is 35.0 Å². The van der Waals surface area contributed by atoms with Gasteiger partial charge in [-0.15, -0.1) is 11.8 Å². The lowest BCUT2D eigenvalue weighted by atomic mass is 10.3. The van der Waals surface area contributed by atoms with Crippen LogP contribution in [0.3, 0.4) is 0 Å². The van der Waals surface area contributed by atoms with Crippen molar-refractivity contribution in [1.29, 1.82) is 0 Å². The van der Waals surface area contributed by atoms with E-state index in [0.29, 0.717) is 10.7 Å². The highest BCUT2D eigenvalue weighted by Crippen LogP contribution is 2.29. The topological polar surface area (TPSA) is 66.4 Å². The Hall–Kier alpha value is -0.910. The largest absolute Gasteiger partial charge is 0.481 e. The summed E-state index contributed by atoms with van der Waals surface area (Å²) >= 11 is 12.7. The van der Waals surface area contributed by atoms with Crippen molar-refractivity contribution in [3.63, 3.8) is 0 Å². The second-order valence-corrected chi connectivity index (χ2v) is 4.81. The normalized spacial score (nSPS) is 10.0. The first-order chi connectivity index (χ1) is 8.00. The molecule has 7 heteroatoms. The molecule has 0 atom stereocenters. The second-order valence-electron chi connectivity index (χ2n) is 3.04. The van der Waals surface area contributed by atoms with E-state index in [1.165, 1.54) is 0 Å². The van der Waals surface area contributed by atoms with Gasteiger partial charge in [-0.1, -0.05) is 29.3 Å². The number of halogens is 2. The fraction of sp³-hybridized carbons (Fsp3) is 0.200. The maximum Gasteiger partial charge on any atom is 0.313 e. The van der Waals surface area contributed by atoms with Gasteiger partial charge in [0.2, 0.25) is 5.91 Å². The molecule has 0 aliphatic rings. The van der Waals surface area contributed by atoms with Gasteiger partial charge < -0.3 is 10.4 Å². The predicted molar refractivity (Wildman–Crippen MR) is 70.1 cm³/mol. The molecule has 2 N–H and O–H groups in total. The fourth-order valence-electron chi connectivity index (χ4n) is 1.02. The maximum absolute atomic E-state index is 11.4. The molecule has 0 spiro atoms. The Morgan fingerprint density at radius 1 is 1.29 bits per heavy atom. The fourth-order valence-corrected chi connectivity index (χ4v) is 1.90. The Morgan fingerprint density at radius 3 is 2.65 bits per heavy atom. The molecule has 1 amide bonds. The van der Waals surface area contributed by atoms with E-state index >= 15 is 0 Å². The van der Waals surface area contributed by atoms with E-state index in [4.69, 9.17) is 28.3 Å². The standard InChI is InChI=1S/C10H9Cl2NO3S/c11-6-2-1-3-7(10(6)12)13-8(14)4-17-5-9(15)16/h1-3H,4-5H2,(H,13,14)(H,15,16). The van der Waals surface area contributed by atoms with Crippen molar-refractivity contribution in [2.24, 2.45) is 0 Å². The summed E-state index contributed by atoms with van der Waals surface area (Å²) in [5.74, 6) is -1.34. The highest BCUT2D eigenvalue weighted by molar-refractivity contribution is 8.00. The van der Waals surface area contributed by atoms with Crippen molar-refractivity contribution in [2.75, 3.05) is 16.8 Å². The van der Waals surface area contributed by atoms with Crippen molar-refractivity contribution in [1.82, 2.24) is 0 Å². The van der Waals surface area contributed by atoms with E-state index in [-0.39, 0.29) is 22.4 Å². The smallest absolute Gasteiger partial charge is 0.313 e. The van der Waals surface area contributed by atoms with Crippen molar-refractivity contribution in [3.05, 3.63) is 28.2 Å². The Kier molecular flexibility index (Phi) is 5.61. The van der Waals surface area contributed by atoms with E-state index in [9.17, 15) is 9.59 Å². The minimum absolute atomic E-state index is 0.0507. The van der Waals surface area contributed by atoms with Gasteiger partial charge in [0, 0.05) is 0 Å². The van der Waals surface area contributed by atoms with Crippen LogP contribution in [-0.4, -0.2) is 28.5 Å². The van der Waals surface area contributed by atoms with Crippen LogP contribution in [0, 0.1) is 0 Å². The van der Waals surface area contributed by atoms with Crippen molar-refractivity contribution >= 4 is 52.5 Å². The van der Waals surface area contributed by atoms with Crippen LogP contribution < -0.4 is 5.32 Å². The zero-order valence-electron chi connectivity index (χ0n) is 8.57. The number of hydrogen-bond acceptors (Lipinski definition) is 3. The molecule has 0 saturated carbocycles. The van der Waals surface area contributed by atoms with E-state index in [1.54, 1.807) is 18.2 Å². The van der Waals surface area contributed by atoms with Crippen LogP contribution in [0.1, 0.15) is 0 Å². The number of aliphatic carboxylic acids is 1. The van der Waals surface area contributed by atoms with Crippen LogP contribution in [0.2, 0.25) is 10.0 Å². The third-order valence-electron chi connectivity index (χ3n) is 1.68. The highest BCUT2D eigenvalue weighted by atomic mass is 35.5. The van der Waals surface area contributed by atoms with Gasteiger partial charge in [-0.3, -0.25) is 9.59 Å². The molecule has 1 aromatic rings. The third kappa shape index (κ3) is 4.85. The zero-order chi connectivity index (χ0) is 12.8. The van der Waals surface area contributed by atoms with Crippen LogP contribution in [0.4, 0.5) is 5.69 Å². The Balaban J connectivity index is 2.51. The van der Waals surface area contributed by atoms with Gasteiger partial charge >= 0.3 is 5.97 Å². The molecule has 17 heavy (non-hydrogen) atoms. The summed E-state index contributed by atoms with van der Waals surface area (Å²) < 4.78 is 0. The average Bonchev–Trinajstić information content (AvgIpc) is 2.24. The molecule has 0 aliphatic carbocycles. The van der Waals surface area contributed by atoms with Crippen molar-refractivity contribution in [2.45, 2.75) is 0 Å². The molecule has 1 aromatic carbocycles. The SMILES string of the molecule is O=C(O)CSCC(=O)Nc1cccc(Cl)c1Cl. The minimum atomic E-state index is -0.955. The number of anilines is 1. The number of thioether (sulfide) groups is 1. The molecular weight excluding hydrogens is 285 g/mol. The summed E-state index contributed by atoms with van der Waals surface area (Å²) in [5, 5.41) is 11.6. The molecule has 4 nitrogen and oxygen atoms in total. The number of carbonyl (C=O) groups excluding carboxylic acids is 1. The average molecular weight is 294 g/mol. The molecule has 0 fully saturated rings. The van der Waals surface area contributed by atoms with Gasteiger partial charge in [0.05, 0.1) is 27.2 Å². The van der Waals surface area contributed by atoms with Gasteiger partial charge in [0.1, 0.15) is 0 Å². The number of carbonyl (C=O) groups is 2. The quantitative estimate of drug-likeness (QED) is 0.876. The third-order valence-corrected chi connectivity index (χ3v) is 3.42. The Bertz CT molecular complexity index is 440. The minimum Gasteiger partial charge on any atom is -0.481 e. The van der Waals surface area contributed by atoms with Gasteiger partial charge in [-0.05, 0) is 12.1 Å². The van der Waals surface area contributed by atoms with E-state index < -0.39 is 5.97 Å². The number of carboxylic acids is 1. The molecular formula is C10H9Cl2NO3S. The van der Waals surface area contributed by atoms with Crippen molar-refractivity contribution in [3.8, 4) is 0 Å². The molecule has 0 unspecified atom stereocenters. The van der Waals surface area contributed by atoms with E-state index in [2.05, 4.69) is 5.32 Å². The van der Waals surface area contributed by atoms with Crippen LogP contribution in [0.15, 0.2) is 18.2 Å². The van der Waals surface area contributed by atoms with Crippen LogP contribution in [-0.2, 0) is 9.59 Å². The summed E-state index contributed by atoms with van der Waals surface area (Å²) in [4.78, 5) is 21.7. The number of rotatable bonds is 5. The lowest BCUT2D eigenvalue weighted by Crippen LogP contribution is -2.15. The number of carboxylic acid groups (broad SMARTS) is 1. The first-order valence-corrected chi connectivity index (χ1v) is 6.45. The molecule has 0 aromatic heterocycles. The predicted octanol–water partition coefficient (Wildman–Crippen LogP) is 2.75. The van der Waals surface area contributed by atoms with Crippen LogP contribution in [0.25, 0.3) is 0 Å². The molecule has 0 heterocycles. The first-order valence-electron chi connectivity index (χ1n) is 4.54. The summed E-state index contributed by atoms with van der Waals surface area (Å²) in [6.07, 6.45) is 0. The summed E-state index contributed by atoms with van der Waals surface area (Å²) in [6.45, 7) is 0. The highest BCUT2D eigenvalue weighted by Gasteiger charge is 2.08. The monoisotopic (exact) mass is 293 g/mol. The van der Waals surface area contributed by atoms with Gasteiger partial charge in [-0.25, -0.2) is 0 Å².